The van der Waals surface area contributed by atoms with Crippen LogP contribution in [0.25, 0.3) is 10.2 Å². The Morgan fingerprint density at radius 1 is 1.08 bits per heavy atom. The summed E-state index contributed by atoms with van der Waals surface area (Å²) in [6.45, 7) is 2.04. The van der Waals surface area contributed by atoms with Crippen LogP contribution >= 0.6 is 22.7 Å². The number of benzene rings is 2. The van der Waals surface area contributed by atoms with Crippen molar-refractivity contribution < 1.29 is 4.79 Å². The van der Waals surface area contributed by atoms with Crippen molar-refractivity contribution in [2.24, 2.45) is 5.10 Å². The SMILES string of the molecule is Cc1ccc(/C=N\N(C(=O)c2cccs2)c2nc3ccccc3s2)cc1. The fraction of sp³-hybridized carbons (Fsp3) is 0.0500. The molecule has 0 bridgehead atoms. The highest BCUT2D eigenvalue weighted by atomic mass is 32.1. The number of amides is 1. The van der Waals surface area contributed by atoms with Gasteiger partial charge in [0, 0.05) is 0 Å². The number of rotatable bonds is 4. The molecule has 0 radical (unpaired) electrons. The molecule has 0 aliphatic carbocycles. The molecule has 0 saturated carbocycles. The van der Waals surface area contributed by atoms with E-state index < -0.39 is 0 Å². The largest absolute Gasteiger partial charge is 0.290 e. The Labute approximate surface area is 159 Å². The summed E-state index contributed by atoms with van der Waals surface area (Å²) in [5.74, 6) is -0.178. The van der Waals surface area contributed by atoms with E-state index in [0.717, 1.165) is 15.8 Å². The van der Waals surface area contributed by atoms with Crippen molar-refractivity contribution in [3.63, 3.8) is 0 Å². The van der Waals surface area contributed by atoms with Gasteiger partial charge in [0.25, 0.3) is 5.91 Å². The van der Waals surface area contributed by atoms with Gasteiger partial charge in [-0.3, -0.25) is 4.79 Å². The predicted molar refractivity (Wildman–Crippen MR) is 110 cm³/mol. The smallest absolute Gasteiger partial charge is 0.266 e. The Balaban J connectivity index is 1.73. The third-order valence-corrected chi connectivity index (χ3v) is 5.66. The maximum atomic E-state index is 12.9. The summed E-state index contributed by atoms with van der Waals surface area (Å²) in [6.07, 6.45) is 1.69. The van der Waals surface area contributed by atoms with E-state index in [0.29, 0.717) is 10.0 Å². The fourth-order valence-electron chi connectivity index (χ4n) is 2.42. The molecular formula is C20H15N3OS2. The van der Waals surface area contributed by atoms with Crippen molar-refractivity contribution in [2.75, 3.05) is 5.01 Å². The lowest BCUT2D eigenvalue weighted by atomic mass is 10.2. The molecule has 4 rings (SSSR count). The van der Waals surface area contributed by atoms with Gasteiger partial charge in [-0.1, -0.05) is 59.4 Å². The number of nitrogens with zero attached hydrogens (tertiary/aromatic N) is 3. The van der Waals surface area contributed by atoms with Crippen LogP contribution in [0.1, 0.15) is 20.8 Å². The number of para-hydroxylation sites is 1. The van der Waals surface area contributed by atoms with Gasteiger partial charge in [-0.25, -0.2) is 4.98 Å². The van der Waals surface area contributed by atoms with E-state index in [9.17, 15) is 4.79 Å². The number of thiophene rings is 1. The number of carbonyl (C=O) groups excluding carboxylic acids is 1. The number of thiazole rings is 1. The minimum atomic E-state index is -0.178. The predicted octanol–water partition coefficient (Wildman–Crippen LogP) is 5.35. The number of hydrazone groups is 1. The molecule has 2 heterocycles. The van der Waals surface area contributed by atoms with Crippen LogP contribution in [-0.4, -0.2) is 17.1 Å². The molecule has 1 amide bonds. The first-order valence-corrected chi connectivity index (χ1v) is 9.74. The number of hydrogen-bond donors (Lipinski definition) is 0. The number of aryl methyl sites for hydroxylation is 1. The first-order chi connectivity index (χ1) is 12.7. The molecular weight excluding hydrogens is 362 g/mol. The molecule has 0 fully saturated rings. The minimum Gasteiger partial charge on any atom is -0.266 e. The second-order valence-corrected chi connectivity index (χ2v) is 7.67. The van der Waals surface area contributed by atoms with Gasteiger partial charge in [-0.2, -0.15) is 10.1 Å². The number of fused-ring (bicyclic) bond motifs is 1. The molecule has 0 unspecified atom stereocenters. The van der Waals surface area contributed by atoms with Gasteiger partial charge in [0.15, 0.2) is 0 Å². The number of aromatic nitrogens is 1. The Bertz CT molecular complexity index is 1030. The van der Waals surface area contributed by atoms with Gasteiger partial charge >= 0.3 is 0 Å². The summed E-state index contributed by atoms with van der Waals surface area (Å²) < 4.78 is 1.03. The Kier molecular flexibility index (Phi) is 4.60. The van der Waals surface area contributed by atoms with Gasteiger partial charge in [0.1, 0.15) is 0 Å². The zero-order valence-corrected chi connectivity index (χ0v) is 15.6. The Hall–Kier alpha value is -2.83. The average Bonchev–Trinajstić information content (AvgIpc) is 3.33. The molecule has 4 nitrogen and oxygen atoms in total. The molecule has 0 aliphatic heterocycles. The molecule has 0 saturated heterocycles. The molecule has 6 heteroatoms. The standard InChI is InChI=1S/C20H15N3OS2/c1-14-8-10-15(11-9-14)13-21-23(19(24)18-7-4-12-25-18)20-22-16-5-2-3-6-17(16)26-20/h2-13H,1H3/b21-13-. The van der Waals surface area contributed by atoms with E-state index in [1.54, 1.807) is 12.3 Å². The van der Waals surface area contributed by atoms with Crippen molar-refractivity contribution in [1.82, 2.24) is 4.98 Å². The van der Waals surface area contributed by atoms with Crippen LogP contribution in [0, 0.1) is 6.92 Å². The molecule has 0 aliphatic rings. The van der Waals surface area contributed by atoms with Crippen LogP contribution in [0.5, 0.6) is 0 Å². The highest BCUT2D eigenvalue weighted by Gasteiger charge is 2.21. The molecule has 128 valence electrons. The van der Waals surface area contributed by atoms with Crippen LogP contribution in [0.3, 0.4) is 0 Å². The van der Waals surface area contributed by atoms with Gasteiger partial charge < -0.3 is 0 Å². The van der Waals surface area contributed by atoms with E-state index >= 15 is 0 Å². The molecule has 26 heavy (non-hydrogen) atoms. The first kappa shape index (κ1) is 16.6. The first-order valence-electron chi connectivity index (χ1n) is 8.05. The van der Waals surface area contributed by atoms with Gasteiger partial charge in [0.05, 0.1) is 21.3 Å². The molecule has 2 aromatic carbocycles. The maximum absolute atomic E-state index is 12.9. The molecule has 0 atom stereocenters. The monoisotopic (exact) mass is 377 g/mol. The summed E-state index contributed by atoms with van der Waals surface area (Å²) >= 11 is 2.85. The highest BCUT2D eigenvalue weighted by Crippen LogP contribution is 2.30. The molecule has 0 spiro atoms. The molecule has 4 aromatic rings. The van der Waals surface area contributed by atoms with Crippen LogP contribution in [0.2, 0.25) is 0 Å². The van der Waals surface area contributed by atoms with Crippen molar-refractivity contribution in [3.05, 3.63) is 82.0 Å². The zero-order chi connectivity index (χ0) is 17.9. The lowest BCUT2D eigenvalue weighted by Gasteiger charge is -2.12. The number of carbonyl (C=O) groups is 1. The minimum absolute atomic E-state index is 0.178. The highest BCUT2D eigenvalue weighted by molar-refractivity contribution is 7.22. The van der Waals surface area contributed by atoms with Crippen molar-refractivity contribution in [3.8, 4) is 0 Å². The van der Waals surface area contributed by atoms with Gasteiger partial charge in [-0.05, 0) is 36.1 Å². The van der Waals surface area contributed by atoms with E-state index in [1.807, 2.05) is 66.9 Å². The molecule has 2 aromatic heterocycles. The zero-order valence-electron chi connectivity index (χ0n) is 14.0. The van der Waals surface area contributed by atoms with E-state index in [1.165, 1.54) is 33.2 Å². The summed E-state index contributed by atoms with van der Waals surface area (Å²) in [7, 11) is 0. The normalized spacial score (nSPS) is 11.3. The summed E-state index contributed by atoms with van der Waals surface area (Å²) in [4.78, 5) is 18.2. The fourth-order valence-corrected chi connectivity index (χ4v) is 3.99. The maximum Gasteiger partial charge on any atom is 0.290 e. The summed E-state index contributed by atoms with van der Waals surface area (Å²) in [6, 6.07) is 19.5. The third kappa shape index (κ3) is 3.42. The van der Waals surface area contributed by atoms with Crippen LogP contribution in [0.15, 0.2) is 71.1 Å². The molecule has 0 N–H and O–H groups in total. The van der Waals surface area contributed by atoms with Gasteiger partial charge in [-0.15, -0.1) is 11.3 Å². The summed E-state index contributed by atoms with van der Waals surface area (Å²) in [5, 5.41) is 8.29. The lowest BCUT2D eigenvalue weighted by molar-refractivity contribution is 0.0991. The van der Waals surface area contributed by atoms with Crippen molar-refractivity contribution in [1.29, 1.82) is 0 Å². The van der Waals surface area contributed by atoms with Crippen LogP contribution in [0.4, 0.5) is 5.13 Å². The number of hydrogen-bond acceptors (Lipinski definition) is 5. The third-order valence-electron chi connectivity index (χ3n) is 3.79. The number of anilines is 1. The second-order valence-electron chi connectivity index (χ2n) is 5.71. The van der Waals surface area contributed by atoms with E-state index in [4.69, 9.17) is 0 Å². The van der Waals surface area contributed by atoms with Crippen molar-refractivity contribution >= 4 is 50.1 Å². The average molecular weight is 377 g/mol. The lowest BCUT2D eigenvalue weighted by Crippen LogP contribution is -2.24. The van der Waals surface area contributed by atoms with E-state index in [-0.39, 0.29) is 5.91 Å². The van der Waals surface area contributed by atoms with Crippen LogP contribution < -0.4 is 5.01 Å². The van der Waals surface area contributed by atoms with Crippen LogP contribution in [-0.2, 0) is 0 Å². The summed E-state index contributed by atoms with van der Waals surface area (Å²) in [5.41, 5.74) is 2.97. The topological polar surface area (TPSA) is 45.6 Å². The Morgan fingerprint density at radius 3 is 2.62 bits per heavy atom. The van der Waals surface area contributed by atoms with Crippen molar-refractivity contribution in [2.45, 2.75) is 6.92 Å². The van der Waals surface area contributed by atoms with Gasteiger partial charge in [0.2, 0.25) is 5.13 Å². The second kappa shape index (κ2) is 7.19. The Morgan fingerprint density at radius 2 is 1.88 bits per heavy atom. The quantitative estimate of drug-likeness (QED) is 0.356. The van der Waals surface area contributed by atoms with E-state index in [2.05, 4.69) is 10.1 Å².